The lowest BCUT2D eigenvalue weighted by atomic mass is 10.0. The van der Waals surface area contributed by atoms with E-state index in [0.29, 0.717) is 6.04 Å². The van der Waals surface area contributed by atoms with Gasteiger partial charge in [0.2, 0.25) is 0 Å². The van der Waals surface area contributed by atoms with E-state index in [-0.39, 0.29) is 6.04 Å². The van der Waals surface area contributed by atoms with Gasteiger partial charge in [0.05, 0.1) is 6.04 Å². The molecule has 1 aliphatic carbocycles. The Morgan fingerprint density at radius 2 is 2.11 bits per heavy atom. The second-order valence-corrected chi connectivity index (χ2v) is 6.92. The highest BCUT2D eigenvalue weighted by Crippen LogP contribution is 2.42. The lowest BCUT2D eigenvalue weighted by molar-refractivity contribution is 0.197. The van der Waals surface area contributed by atoms with Crippen molar-refractivity contribution in [3.05, 3.63) is 22.4 Å². The minimum absolute atomic E-state index is 0.280. The zero-order chi connectivity index (χ0) is 12.5. The van der Waals surface area contributed by atoms with Gasteiger partial charge in [-0.25, -0.2) is 0 Å². The molecule has 0 aromatic carbocycles. The molecule has 1 aromatic rings. The molecule has 3 rings (SSSR count). The van der Waals surface area contributed by atoms with Crippen molar-refractivity contribution in [3.8, 4) is 0 Å². The van der Waals surface area contributed by atoms with Gasteiger partial charge in [0, 0.05) is 24.0 Å². The highest BCUT2D eigenvalue weighted by Gasteiger charge is 2.40. The van der Waals surface area contributed by atoms with Crippen molar-refractivity contribution in [2.45, 2.75) is 44.7 Å². The molecule has 1 aliphatic heterocycles. The maximum atomic E-state index is 6.40. The molecule has 2 aliphatic rings. The van der Waals surface area contributed by atoms with Crippen LogP contribution in [-0.4, -0.2) is 24.0 Å². The fourth-order valence-corrected chi connectivity index (χ4v) is 4.78. The van der Waals surface area contributed by atoms with Crippen molar-refractivity contribution in [3.63, 3.8) is 0 Å². The second-order valence-electron chi connectivity index (χ2n) is 5.94. The monoisotopic (exact) mass is 264 g/mol. The molecule has 4 unspecified atom stereocenters. The summed E-state index contributed by atoms with van der Waals surface area (Å²) < 4.78 is 0. The Balaban J connectivity index is 1.78. The van der Waals surface area contributed by atoms with Crippen LogP contribution in [-0.2, 0) is 0 Å². The maximum absolute atomic E-state index is 6.40. The van der Waals surface area contributed by atoms with E-state index in [2.05, 4.69) is 29.3 Å². The van der Waals surface area contributed by atoms with Gasteiger partial charge in [0.15, 0.2) is 0 Å². The summed E-state index contributed by atoms with van der Waals surface area (Å²) in [6.45, 7) is 4.77. The summed E-state index contributed by atoms with van der Waals surface area (Å²) >= 11 is 1.87. The lowest BCUT2D eigenvalue weighted by Gasteiger charge is -2.32. The highest BCUT2D eigenvalue weighted by molar-refractivity contribution is 7.10. The van der Waals surface area contributed by atoms with Gasteiger partial charge in [-0.3, -0.25) is 4.90 Å². The van der Waals surface area contributed by atoms with E-state index in [1.54, 1.807) is 0 Å². The molecule has 2 heterocycles. The molecule has 2 N–H and O–H groups in total. The van der Waals surface area contributed by atoms with Crippen molar-refractivity contribution >= 4 is 11.3 Å². The molecular weight excluding hydrogens is 240 g/mol. The fraction of sp³-hybridized carbons (Fsp3) is 0.733. The predicted molar refractivity (Wildman–Crippen MR) is 77.7 cm³/mol. The summed E-state index contributed by atoms with van der Waals surface area (Å²) in [5, 5.41) is 2.18. The van der Waals surface area contributed by atoms with Gasteiger partial charge >= 0.3 is 0 Å². The normalized spacial score (nSPS) is 31.4. The van der Waals surface area contributed by atoms with Crippen molar-refractivity contribution < 1.29 is 0 Å². The van der Waals surface area contributed by atoms with Gasteiger partial charge in [0.1, 0.15) is 0 Å². The van der Waals surface area contributed by atoms with Crippen LogP contribution in [0.5, 0.6) is 0 Å². The number of hydrogen-bond donors (Lipinski definition) is 1. The first kappa shape index (κ1) is 12.6. The Kier molecular flexibility index (Phi) is 3.73. The van der Waals surface area contributed by atoms with Crippen molar-refractivity contribution in [2.75, 3.05) is 13.1 Å². The van der Waals surface area contributed by atoms with Crippen molar-refractivity contribution in [1.29, 1.82) is 0 Å². The molecule has 1 saturated heterocycles. The largest absolute Gasteiger partial charge is 0.326 e. The van der Waals surface area contributed by atoms with E-state index in [1.165, 1.54) is 37.2 Å². The van der Waals surface area contributed by atoms with E-state index >= 15 is 0 Å². The molecule has 0 bridgehead atoms. The first-order chi connectivity index (χ1) is 8.79. The smallest absolute Gasteiger partial charge is 0.0593 e. The zero-order valence-electron chi connectivity index (χ0n) is 11.2. The molecule has 1 saturated carbocycles. The van der Waals surface area contributed by atoms with Crippen LogP contribution in [0.25, 0.3) is 0 Å². The summed E-state index contributed by atoms with van der Waals surface area (Å²) in [6.07, 6.45) is 5.40. The fourth-order valence-electron chi connectivity index (χ4n) is 3.84. The van der Waals surface area contributed by atoms with Crippen LogP contribution in [0.1, 0.15) is 43.5 Å². The highest BCUT2D eigenvalue weighted by atomic mass is 32.1. The number of thiophene rings is 1. The summed E-state index contributed by atoms with van der Waals surface area (Å²) in [6, 6.07) is 5.16. The topological polar surface area (TPSA) is 29.3 Å². The van der Waals surface area contributed by atoms with Gasteiger partial charge in [-0.15, -0.1) is 11.3 Å². The van der Waals surface area contributed by atoms with Crippen LogP contribution < -0.4 is 5.73 Å². The number of likely N-dealkylation sites (tertiary alicyclic amines) is 1. The van der Waals surface area contributed by atoms with Gasteiger partial charge < -0.3 is 5.73 Å². The van der Waals surface area contributed by atoms with Crippen LogP contribution in [0.4, 0.5) is 0 Å². The number of fused-ring (bicyclic) bond motifs is 1. The third-order valence-corrected chi connectivity index (χ3v) is 5.80. The van der Waals surface area contributed by atoms with Crippen LogP contribution in [0.2, 0.25) is 0 Å². The third-order valence-electron chi connectivity index (χ3n) is 4.86. The van der Waals surface area contributed by atoms with E-state index in [4.69, 9.17) is 5.73 Å². The molecule has 1 aromatic heterocycles. The van der Waals surface area contributed by atoms with Crippen LogP contribution in [0, 0.1) is 11.8 Å². The number of rotatable bonds is 4. The Hall–Kier alpha value is -0.380. The molecule has 100 valence electrons. The zero-order valence-corrected chi connectivity index (χ0v) is 12.0. The average Bonchev–Trinajstić information content (AvgIpc) is 3.04. The Morgan fingerprint density at radius 3 is 2.67 bits per heavy atom. The van der Waals surface area contributed by atoms with Gasteiger partial charge in [0.25, 0.3) is 0 Å². The van der Waals surface area contributed by atoms with E-state index in [1.807, 2.05) is 11.3 Å². The molecule has 0 amide bonds. The predicted octanol–water partition coefficient (Wildman–Crippen LogP) is 3.26. The van der Waals surface area contributed by atoms with Crippen LogP contribution in [0.3, 0.4) is 0 Å². The lowest BCUT2D eigenvalue weighted by Crippen LogP contribution is -2.39. The minimum Gasteiger partial charge on any atom is -0.326 e. The standard InChI is InChI=1S/C15H24N2S/c1-2-13(16)15(14-7-4-8-18-14)17-9-11-5-3-6-12(11)10-17/h4,7-8,11-13,15H,2-3,5-6,9-10,16H2,1H3. The van der Waals surface area contributed by atoms with Crippen LogP contribution in [0.15, 0.2) is 17.5 Å². The maximum Gasteiger partial charge on any atom is 0.0593 e. The average molecular weight is 264 g/mol. The molecule has 3 heteroatoms. The molecule has 0 radical (unpaired) electrons. The first-order valence-electron chi connectivity index (χ1n) is 7.32. The molecular formula is C15H24N2S. The van der Waals surface area contributed by atoms with Gasteiger partial charge in [-0.2, -0.15) is 0 Å². The summed E-state index contributed by atoms with van der Waals surface area (Å²) in [4.78, 5) is 4.14. The molecule has 2 nitrogen and oxygen atoms in total. The van der Waals surface area contributed by atoms with E-state index in [0.717, 1.165) is 18.3 Å². The molecule has 18 heavy (non-hydrogen) atoms. The van der Waals surface area contributed by atoms with Crippen LogP contribution >= 0.6 is 11.3 Å². The van der Waals surface area contributed by atoms with Crippen molar-refractivity contribution in [1.82, 2.24) is 4.90 Å². The SMILES string of the molecule is CCC(N)C(c1cccs1)N1CC2CCCC2C1. The Morgan fingerprint density at radius 1 is 1.39 bits per heavy atom. The Labute approximate surface area is 114 Å². The third kappa shape index (κ3) is 2.24. The van der Waals surface area contributed by atoms with Gasteiger partial charge in [-0.05, 0) is 42.5 Å². The quantitative estimate of drug-likeness (QED) is 0.904. The minimum atomic E-state index is 0.280. The van der Waals surface area contributed by atoms with E-state index < -0.39 is 0 Å². The van der Waals surface area contributed by atoms with Gasteiger partial charge in [-0.1, -0.05) is 19.4 Å². The summed E-state index contributed by atoms with van der Waals surface area (Å²) in [5.41, 5.74) is 6.40. The molecule has 0 spiro atoms. The summed E-state index contributed by atoms with van der Waals surface area (Å²) in [7, 11) is 0. The second kappa shape index (κ2) is 5.32. The summed E-state index contributed by atoms with van der Waals surface area (Å²) in [5.74, 6) is 1.91. The molecule has 2 fully saturated rings. The molecule has 4 atom stereocenters. The number of nitrogens with zero attached hydrogens (tertiary/aromatic N) is 1. The van der Waals surface area contributed by atoms with E-state index in [9.17, 15) is 0 Å². The number of hydrogen-bond acceptors (Lipinski definition) is 3. The number of nitrogens with two attached hydrogens (primary N) is 1. The van der Waals surface area contributed by atoms with Crippen molar-refractivity contribution in [2.24, 2.45) is 17.6 Å². The Bertz CT molecular complexity index is 364. The first-order valence-corrected chi connectivity index (χ1v) is 8.20.